The number of hydrogen-bond acceptors (Lipinski definition) is 2. The van der Waals surface area contributed by atoms with Crippen molar-refractivity contribution >= 4 is 22.5 Å². The molecule has 2 aromatic rings. The molecule has 4 heteroatoms. The Morgan fingerprint density at radius 1 is 1.38 bits per heavy atom. The van der Waals surface area contributed by atoms with E-state index in [-0.39, 0.29) is 10.9 Å². The zero-order valence-electron chi connectivity index (χ0n) is 12.2. The van der Waals surface area contributed by atoms with Gasteiger partial charge in [-0.3, -0.25) is 9.36 Å². The van der Waals surface area contributed by atoms with E-state index in [1.54, 1.807) is 0 Å². The van der Waals surface area contributed by atoms with Crippen LogP contribution in [-0.2, 0) is 6.54 Å². The number of nitrogens with zero attached hydrogens (tertiary/aromatic N) is 2. The fraction of sp³-hybridized carbons (Fsp3) is 0.529. The Morgan fingerprint density at radius 2 is 2.10 bits per heavy atom. The van der Waals surface area contributed by atoms with Crippen molar-refractivity contribution in [2.45, 2.75) is 44.5 Å². The second-order valence-electron chi connectivity index (χ2n) is 6.63. The van der Waals surface area contributed by atoms with E-state index in [0.717, 1.165) is 18.0 Å². The first-order valence-electron chi connectivity index (χ1n) is 7.74. The topological polar surface area (TPSA) is 34.9 Å². The van der Waals surface area contributed by atoms with Crippen LogP contribution >= 0.6 is 11.6 Å². The maximum atomic E-state index is 12.9. The van der Waals surface area contributed by atoms with Gasteiger partial charge < -0.3 is 0 Å². The monoisotopic (exact) mass is 302 g/mol. The van der Waals surface area contributed by atoms with E-state index >= 15 is 0 Å². The van der Waals surface area contributed by atoms with Crippen LogP contribution in [0.5, 0.6) is 0 Å². The number of hydrogen-bond donors (Lipinski definition) is 0. The summed E-state index contributed by atoms with van der Waals surface area (Å²) < 4.78 is 1.85. The largest absolute Gasteiger partial charge is 0.294 e. The average Bonchev–Trinajstić information content (AvgIpc) is 3.35. The van der Waals surface area contributed by atoms with Gasteiger partial charge in [-0.25, -0.2) is 4.98 Å². The minimum Gasteiger partial charge on any atom is -0.294 e. The van der Waals surface area contributed by atoms with Crippen molar-refractivity contribution in [1.29, 1.82) is 0 Å². The van der Waals surface area contributed by atoms with E-state index in [0.29, 0.717) is 16.6 Å². The lowest BCUT2D eigenvalue weighted by molar-refractivity contribution is 0.356. The second-order valence-corrected chi connectivity index (χ2v) is 7.29. The molecule has 0 bridgehead atoms. The predicted molar refractivity (Wildman–Crippen MR) is 84.7 cm³/mol. The molecule has 2 aliphatic carbocycles. The van der Waals surface area contributed by atoms with Gasteiger partial charge in [-0.2, -0.15) is 0 Å². The molecule has 2 fully saturated rings. The van der Waals surface area contributed by atoms with Crippen LogP contribution in [0.2, 0.25) is 0 Å². The molecule has 2 saturated carbocycles. The van der Waals surface area contributed by atoms with Gasteiger partial charge in [0.1, 0.15) is 5.82 Å². The van der Waals surface area contributed by atoms with Crippen LogP contribution in [-0.4, -0.2) is 9.55 Å². The van der Waals surface area contributed by atoms with Crippen molar-refractivity contribution in [3.05, 3.63) is 40.4 Å². The smallest absolute Gasteiger partial charge is 0.261 e. The van der Waals surface area contributed by atoms with E-state index in [4.69, 9.17) is 11.6 Å². The van der Waals surface area contributed by atoms with Gasteiger partial charge in [0.15, 0.2) is 0 Å². The van der Waals surface area contributed by atoms with Gasteiger partial charge in [0.2, 0.25) is 0 Å². The molecule has 0 aliphatic heterocycles. The van der Waals surface area contributed by atoms with Crippen LogP contribution in [0.15, 0.2) is 29.1 Å². The Labute approximate surface area is 128 Å². The fourth-order valence-corrected chi connectivity index (χ4v) is 3.67. The van der Waals surface area contributed by atoms with Gasteiger partial charge in [0.25, 0.3) is 5.56 Å². The lowest BCUT2D eigenvalue weighted by atomic mass is 10.0. The van der Waals surface area contributed by atoms with Crippen LogP contribution in [0.25, 0.3) is 10.9 Å². The third kappa shape index (κ3) is 2.18. The normalized spacial score (nSPS) is 21.4. The molecule has 0 saturated heterocycles. The lowest BCUT2D eigenvalue weighted by Crippen LogP contribution is -2.30. The molecule has 0 amide bonds. The Balaban J connectivity index is 1.87. The van der Waals surface area contributed by atoms with E-state index in [9.17, 15) is 4.79 Å². The van der Waals surface area contributed by atoms with Gasteiger partial charge in [-0.15, -0.1) is 11.6 Å². The summed E-state index contributed by atoms with van der Waals surface area (Å²) in [6, 6.07) is 7.56. The maximum Gasteiger partial charge on any atom is 0.261 e. The van der Waals surface area contributed by atoms with E-state index in [1.165, 1.54) is 25.7 Å². The van der Waals surface area contributed by atoms with Gasteiger partial charge in [0, 0.05) is 6.54 Å². The highest BCUT2D eigenvalue weighted by molar-refractivity contribution is 6.20. The molecule has 3 nitrogen and oxygen atoms in total. The van der Waals surface area contributed by atoms with Gasteiger partial charge in [0.05, 0.1) is 16.3 Å². The molecule has 1 atom stereocenters. The van der Waals surface area contributed by atoms with Crippen molar-refractivity contribution in [3.63, 3.8) is 0 Å². The lowest BCUT2D eigenvalue weighted by Gasteiger charge is -2.20. The summed E-state index contributed by atoms with van der Waals surface area (Å²) in [5.74, 6) is 1.53. The van der Waals surface area contributed by atoms with Crippen LogP contribution in [0.1, 0.15) is 43.8 Å². The molecule has 110 valence electrons. The minimum atomic E-state index is -0.252. The molecule has 1 heterocycles. The molecular formula is C17H19ClN2O. The average molecular weight is 303 g/mol. The predicted octanol–water partition coefficient (Wildman–Crippen LogP) is 3.89. The summed E-state index contributed by atoms with van der Waals surface area (Å²) in [5, 5.41) is 0.447. The number of fused-ring (bicyclic) bond motifs is 1. The number of benzene rings is 1. The Hall–Kier alpha value is -1.35. The maximum absolute atomic E-state index is 12.9. The van der Waals surface area contributed by atoms with Crippen molar-refractivity contribution in [3.8, 4) is 0 Å². The van der Waals surface area contributed by atoms with Crippen LogP contribution in [0, 0.1) is 11.3 Å². The highest BCUT2D eigenvalue weighted by Gasteiger charge is 2.54. The molecule has 1 aromatic heterocycles. The number of aromatic nitrogens is 2. The minimum absolute atomic E-state index is 0.0648. The van der Waals surface area contributed by atoms with Gasteiger partial charge in [-0.1, -0.05) is 12.1 Å². The first-order valence-corrected chi connectivity index (χ1v) is 8.18. The summed E-state index contributed by atoms with van der Waals surface area (Å²) in [4.78, 5) is 17.5. The van der Waals surface area contributed by atoms with Gasteiger partial charge in [-0.05, 0) is 56.1 Å². The number of halogens is 1. The molecule has 0 radical (unpaired) electrons. The Bertz CT molecular complexity index is 757. The highest BCUT2D eigenvalue weighted by Crippen LogP contribution is 2.62. The van der Waals surface area contributed by atoms with Crippen LogP contribution in [0.3, 0.4) is 0 Å². The van der Waals surface area contributed by atoms with E-state index in [2.05, 4.69) is 4.98 Å². The van der Waals surface area contributed by atoms with Crippen LogP contribution < -0.4 is 5.56 Å². The quantitative estimate of drug-likeness (QED) is 0.803. The van der Waals surface area contributed by atoms with Crippen molar-refractivity contribution < 1.29 is 0 Å². The van der Waals surface area contributed by atoms with E-state index < -0.39 is 0 Å². The Morgan fingerprint density at radius 3 is 2.71 bits per heavy atom. The molecule has 4 rings (SSSR count). The van der Waals surface area contributed by atoms with Crippen molar-refractivity contribution in [2.24, 2.45) is 11.3 Å². The number of rotatable bonds is 4. The molecule has 1 aromatic carbocycles. The van der Waals surface area contributed by atoms with Crippen molar-refractivity contribution in [1.82, 2.24) is 9.55 Å². The molecule has 0 N–H and O–H groups in total. The SMILES string of the molecule is CC(Cl)c1nc2ccccc2c(=O)n1CC1(C2CC2)CC1. The highest BCUT2D eigenvalue weighted by atomic mass is 35.5. The molecule has 21 heavy (non-hydrogen) atoms. The molecule has 1 unspecified atom stereocenters. The van der Waals surface area contributed by atoms with Crippen LogP contribution in [0.4, 0.5) is 0 Å². The summed E-state index contributed by atoms with van der Waals surface area (Å²) >= 11 is 6.30. The zero-order valence-corrected chi connectivity index (χ0v) is 12.9. The zero-order chi connectivity index (χ0) is 14.6. The van der Waals surface area contributed by atoms with Gasteiger partial charge >= 0.3 is 0 Å². The standard InChI is InChI=1S/C17H19ClN2O/c1-11(18)15-19-14-5-3-2-4-13(14)16(21)20(15)10-17(8-9-17)12-6-7-12/h2-5,11-12H,6-10H2,1H3. The second kappa shape index (κ2) is 4.57. The Kier molecular flexibility index (Phi) is 2.90. The fourth-order valence-electron chi connectivity index (χ4n) is 3.51. The molecule has 0 spiro atoms. The molecule has 2 aliphatic rings. The first kappa shape index (κ1) is 13.3. The summed E-state index contributed by atoms with van der Waals surface area (Å²) in [6.45, 7) is 2.69. The summed E-state index contributed by atoms with van der Waals surface area (Å²) in [7, 11) is 0. The summed E-state index contributed by atoms with van der Waals surface area (Å²) in [5.41, 5.74) is 1.17. The molecular weight excluding hydrogens is 284 g/mol. The number of para-hydroxylation sites is 1. The first-order chi connectivity index (χ1) is 10.1. The third-order valence-corrected chi connectivity index (χ3v) is 5.25. The van der Waals surface area contributed by atoms with Crippen molar-refractivity contribution in [2.75, 3.05) is 0 Å². The number of alkyl halides is 1. The third-order valence-electron chi connectivity index (χ3n) is 5.06. The summed E-state index contributed by atoms with van der Waals surface area (Å²) in [6.07, 6.45) is 5.13. The van der Waals surface area contributed by atoms with E-state index in [1.807, 2.05) is 35.8 Å².